The fraction of sp³-hybridized carbons (Fsp3) is 0.533. The maximum atomic E-state index is 12.3. The first kappa shape index (κ1) is 16.0. The van der Waals surface area contributed by atoms with Gasteiger partial charge in [-0.05, 0) is 38.4 Å². The van der Waals surface area contributed by atoms with E-state index in [2.05, 4.69) is 10.0 Å². The third kappa shape index (κ3) is 4.28. The lowest BCUT2D eigenvalue weighted by Crippen LogP contribution is -2.47. The van der Waals surface area contributed by atoms with Gasteiger partial charge in [0.15, 0.2) is 0 Å². The van der Waals surface area contributed by atoms with E-state index in [1.807, 2.05) is 26.0 Å². The van der Waals surface area contributed by atoms with Crippen molar-refractivity contribution in [2.24, 2.45) is 5.41 Å². The van der Waals surface area contributed by atoms with Crippen LogP contribution < -0.4 is 10.0 Å². The third-order valence-electron chi connectivity index (χ3n) is 3.98. The molecule has 5 nitrogen and oxygen atoms in total. The van der Waals surface area contributed by atoms with Crippen molar-refractivity contribution in [2.45, 2.75) is 32.4 Å². The molecule has 0 bridgehead atoms. The van der Waals surface area contributed by atoms with Crippen molar-refractivity contribution in [1.82, 2.24) is 10.0 Å². The van der Waals surface area contributed by atoms with E-state index in [1.54, 1.807) is 12.1 Å². The lowest BCUT2D eigenvalue weighted by atomic mass is 9.80. The molecule has 1 fully saturated rings. The molecule has 2 N–H and O–H groups in total. The molecule has 1 amide bonds. The van der Waals surface area contributed by atoms with Gasteiger partial charge in [0.25, 0.3) is 0 Å². The molecule has 0 aliphatic carbocycles. The smallest absolute Gasteiger partial charge is 0.239 e. The van der Waals surface area contributed by atoms with Gasteiger partial charge >= 0.3 is 0 Å². The molecule has 1 aromatic carbocycles. The minimum Gasteiger partial charge on any atom is -0.317 e. The minimum absolute atomic E-state index is 0.173. The summed E-state index contributed by atoms with van der Waals surface area (Å²) in [7, 11) is -3.65. The molecule has 1 aromatic rings. The van der Waals surface area contributed by atoms with E-state index >= 15 is 0 Å². The molecule has 1 saturated heterocycles. The number of sulfonamides is 1. The molecule has 1 aliphatic heterocycles. The molecule has 0 atom stereocenters. The van der Waals surface area contributed by atoms with Crippen molar-refractivity contribution < 1.29 is 13.2 Å². The van der Waals surface area contributed by atoms with Gasteiger partial charge in [-0.25, -0.2) is 8.42 Å². The van der Waals surface area contributed by atoms with Crippen LogP contribution in [0.1, 0.15) is 30.9 Å². The first-order chi connectivity index (χ1) is 9.81. The van der Waals surface area contributed by atoms with E-state index in [9.17, 15) is 13.2 Å². The highest BCUT2D eigenvalue weighted by Crippen LogP contribution is 2.28. The Balaban J connectivity index is 2.03. The van der Waals surface area contributed by atoms with Crippen LogP contribution in [0.2, 0.25) is 0 Å². The van der Waals surface area contributed by atoms with E-state index in [0.29, 0.717) is 18.4 Å². The van der Waals surface area contributed by atoms with Gasteiger partial charge in [-0.15, -0.1) is 0 Å². The van der Waals surface area contributed by atoms with Crippen molar-refractivity contribution in [3.63, 3.8) is 0 Å². The number of piperidine rings is 1. The number of carbonyl (C=O) groups is 1. The van der Waals surface area contributed by atoms with Gasteiger partial charge in [0.2, 0.25) is 15.9 Å². The van der Waals surface area contributed by atoms with Crippen LogP contribution in [0.15, 0.2) is 24.3 Å². The molecule has 0 saturated carbocycles. The third-order valence-corrected chi connectivity index (χ3v) is 5.19. The standard InChI is InChI=1S/C15H22N2O3S/c1-12-3-5-13(6-4-12)11-21(19,20)17-14(18)15(2)7-9-16-10-8-15/h3-6,16H,7-11H2,1-2H3,(H,17,18). The highest BCUT2D eigenvalue weighted by Gasteiger charge is 2.36. The molecule has 1 aliphatic rings. The summed E-state index contributed by atoms with van der Waals surface area (Å²) in [5.41, 5.74) is 1.14. The van der Waals surface area contributed by atoms with Crippen LogP contribution in [0.5, 0.6) is 0 Å². The number of nitrogens with one attached hydrogen (secondary N) is 2. The van der Waals surface area contributed by atoms with E-state index in [0.717, 1.165) is 18.7 Å². The van der Waals surface area contributed by atoms with Crippen LogP contribution in [0.4, 0.5) is 0 Å². The normalized spacial score (nSPS) is 18.2. The fourth-order valence-electron chi connectivity index (χ4n) is 2.41. The Morgan fingerprint density at radius 2 is 1.81 bits per heavy atom. The summed E-state index contributed by atoms with van der Waals surface area (Å²) in [5.74, 6) is -0.566. The molecule has 0 spiro atoms. The molecule has 2 rings (SSSR count). The van der Waals surface area contributed by atoms with E-state index in [-0.39, 0.29) is 5.75 Å². The second kappa shape index (κ2) is 6.15. The summed E-state index contributed by atoms with van der Waals surface area (Å²) in [6, 6.07) is 7.26. The van der Waals surface area contributed by atoms with Crippen LogP contribution >= 0.6 is 0 Å². The number of hydrogen-bond donors (Lipinski definition) is 2. The van der Waals surface area contributed by atoms with Crippen molar-refractivity contribution in [3.05, 3.63) is 35.4 Å². The number of hydrogen-bond acceptors (Lipinski definition) is 4. The Kier molecular flexibility index (Phi) is 4.68. The van der Waals surface area contributed by atoms with Crippen molar-refractivity contribution >= 4 is 15.9 Å². The molecule has 1 heterocycles. The predicted octanol–water partition coefficient (Wildman–Crippen LogP) is 1.33. The van der Waals surface area contributed by atoms with Gasteiger partial charge in [0, 0.05) is 5.41 Å². The highest BCUT2D eigenvalue weighted by atomic mass is 32.2. The van der Waals surface area contributed by atoms with Crippen LogP contribution in [0.3, 0.4) is 0 Å². The zero-order valence-corrected chi connectivity index (χ0v) is 13.3. The summed E-state index contributed by atoms with van der Waals surface area (Å²) >= 11 is 0. The number of rotatable bonds is 4. The van der Waals surface area contributed by atoms with Crippen molar-refractivity contribution in [2.75, 3.05) is 13.1 Å². The maximum absolute atomic E-state index is 12.3. The van der Waals surface area contributed by atoms with Gasteiger partial charge < -0.3 is 5.32 Å². The quantitative estimate of drug-likeness (QED) is 0.880. The molecule has 6 heteroatoms. The van der Waals surface area contributed by atoms with Gasteiger partial charge in [-0.2, -0.15) is 0 Å². The van der Waals surface area contributed by atoms with Crippen molar-refractivity contribution in [3.8, 4) is 0 Å². The van der Waals surface area contributed by atoms with Crippen molar-refractivity contribution in [1.29, 1.82) is 0 Å². The average Bonchev–Trinajstić information content (AvgIpc) is 2.41. The Bertz CT molecular complexity index is 602. The van der Waals surface area contributed by atoms with E-state index < -0.39 is 21.3 Å². The van der Waals surface area contributed by atoms with Gasteiger partial charge in [0.1, 0.15) is 0 Å². The molecule has 21 heavy (non-hydrogen) atoms. The van der Waals surface area contributed by atoms with Crippen LogP contribution in [0, 0.1) is 12.3 Å². The lowest BCUT2D eigenvalue weighted by Gasteiger charge is -2.32. The van der Waals surface area contributed by atoms with Crippen LogP contribution in [-0.4, -0.2) is 27.4 Å². The minimum atomic E-state index is -3.65. The van der Waals surface area contributed by atoms with E-state index in [4.69, 9.17) is 0 Å². The Hall–Kier alpha value is -1.40. The summed E-state index contributed by atoms with van der Waals surface area (Å²) in [6.45, 7) is 5.24. The predicted molar refractivity (Wildman–Crippen MR) is 82.2 cm³/mol. The zero-order chi connectivity index (χ0) is 15.5. The Morgan fingerprint density at radius 1 is 1.24 bits per heavy atom. The molecule has 0 unspecified atom stereocenters. The summed E-state index contributed by atoms with van der Waals surface area (Å²) < 4.78 is 26.5. The second-order valence-corrected chi connectivity index (χ2v) is 7.71. The lowest BCUT2D eigenvalue weighted by molar-refractivity contribution is -0.129. The van der Waals surface area contributed by atoms with Crippen LogP contribution in [-0.2, 0) is 20.6 Å². The second-order valence-electron chi connectivity index (χ2n) is 5.99. The van der Waals surface area contributed by atoms with Crippen LogP contribution in [0.25, 0.3) is 0 Å². The maximum Gasteiger partial charge on any atom is 0.239 e. The SMILES string of the molecule is Cc1ccc(CS(=O)(=O)NC(=O)C2(C)CCNCC2)cc1. The first-order valence-electron chi connectivity index (χ1n) is 7.12. The number of aryl methyl sites for hydroxylation is 1. The molecule has 0 radical (unpaired) electrons. The molecule has 0 aromatic heterocycles. The monoisotopic (exact) mass is 310 g/mol. The zero-order valence-electron chi connectivity index (χ0n) is 12.5. The largest absolute Gasteiger partial charge is 0.317 e. The Morgan fingerprint density at radius 3 is 2.38 bits per heavy atom. The molecular weight excluding hydrogens is 288 g/mol. The average molecular weight is 310 g/mol. The Labute approximate surface area is 126 Å². The van der Waals surface area contributed by atoms with E-state index in [1.165, 1.54) is 0 Å². The van der Waals surface area contributed by atoms with Gasteiger partial charge in [-0.3, -0.25) is 9.52 Å². The summed E-state index contributed by atoms with van der Waals surface area (Å²) in [4.78, 5) is 12.3. The first-order valence-corrected chi connectivity index (χ1v) is 8.77. The number of amides is 1. The number of benzene rings is 1. The molecule has 116 valence electrons. The highest BCUT2D eigenvalue weighted by molar-refractivity contribution is 7.89. The summed E-state index contributed by atoms with van der Waals surface area (Å²) in [5, 5.41) is 3.17. The number of carbonyl (C=O) groups excluding carboxylic acids is 1. The van der Waals surface area contributed by atoms with Gasteiger partial charge in [0.05, 0.1) is 5.75 Å². The topological polar surface area (TPSA) is 75.3 Å². The summed E-state index contributed by atoms with van der Waals surface area (Å²) in [6.07, 6.45) is 1.30. The van der Waals surface area contributed by atoms with Gasteiger partial charge in [-0.1, -0.05) is 36.8 Å². The fourth-order valence-corrected chi connectivity index (χ4v) is 3.64. The molecular formula is C15H22N2O3S.